The molecule has 0 amide bonds. The number of aromatic nitrogens is 2. The number of carbonyl (C=O) groups excluding carboxylic acids is 1. The third-order valence-corrected chi connectivity index (χ3v) is 3.99. The molecule has 0 radical (unpaired) electrons. The number of hydrogen-bond acceptors (Lipinski definition) is 4. The van der Waals surface area contributed by atoms with Crippen molar-refractivity contribution in [2.75, 3.05) is 0 Å². The average molecular weight is 400 g/mol. The van der Waals surface area contributed by atoms with Gasteiger partial charge in [-0.1, -0.05) is 46.2 Å². The van der Waals surface area contributed by atoms with Crippen molar-refractivity contribution in [3.8, 4) is 11.4 Å². The van der Waals surface area contributed by atoms with E-state index in [1.165, 1.54) is 25.3 Å². The standard InChI is InChI=1S/C14H12N2O.C6H15N.C2H4O.C2H6/c1-10-5-6-14-13(7-10)15-9-16(14)11-3-2-4-12(17)8-11;1-3-5-6(7)4-2;1-2-3;1-2/h2-9,17H,1H3;6H,3-5,7H2,1-2H3;2H,1H3;1-2H3. The van der Waals surface area contributed by atoms with E-state index in [0.717, 1.165) is 29.4 Å². The number of aryl methyl sites for hydroxylation is 1. The Balaban J connectivity index is 0.000000552. The van der Waals surface area contributed by atoms with E-state index in [9.17, 15) is 5.11 Å². The molecule has 0 aliphatic carbocycles. The van der Waals surface area contributed by atoms with Crippen LogP contribution in [0.4, 0.5) is 0 Å². The third kappa shape index (κ3) is 9.39. The van der Waals surface area contributed by atoms with E-state index in [4.69, 9.17) is 10.5 Å². The van der Waals surface area contributed by atoms with Crippen LogP contribution in [-0.2, 0) is 4.79 Å². The third-order valence-electron chi connectivity index (χ3n) is 3.99. The summed E-state index contributed by atoms with van der Waals surface area (Å²) in [4.78, 5) is 13.2. The molecular formula is C24H37N3O2. The number of imidazole rings is 1. The first-order valence-corrected chi connectivity index (χ1v) is 10.3. The quantitative estimate of drug-likeness (QED) is 0.544. The molecule has 3 aromatic rings. The minimum Gasteiger partial charge on any atom is -0.508 e. The number of hydrogen-bond donors (Lipinski definition) is 2. The maximum Gasteiger partial charge on any atom is 0.117 e. The maximum atomic E-state index is 9.49. The number of aromatic hydroxyl groups is 1. The fourth-order valence-electron chi connectivity index (χ4n) is 2.55. The second-order valence-corrected chi connectivity index (χ2v) is 6.32. The summed E-state index contributed by atoms with van der Waals surface area (Å²) in [5.41, 5.74) is 9.70. The van der Waals surface area contributed by atoms with Crippen molar-refractivity contribution in [1.82, 2.24) is 9.55 Å². The highest BCUT2D eigenvalue weighted by atomic mass is 16.3. The Labute approximate surface area is 175 Å². The van der Waals surface area contributed by atoms with Crippen LogP contribution in [0.2, 0.25) is 0 Å². The molecule has 0 fully saturated rings. The lowest BCUT2D eigenvalue weighted by Crippen LogP contribution is -2.17. The van der Waals surface area contributed by atoms with Crippen LogP contribution in [-0.4, -0.2) is 27.0 Å². The van der Waals surface area contributed by atoms with E-state index in [-0.39, 0.29) is 5.75 Å². The Morgan fingerprint density at radius 3 is 2.34 bits per heavy atom. The predicted molar refractivity (Wildman–Crippen MR) is 124 cm³/mol. The van der Waals surface area contributed by atoms with Gasteiger partial charge >= 0.3 is 0 Å². The maximum absolute atomic E-state index is 9.49. The summed E-state index contributed by atoms with van der Waals surface area (Å²) in [5.74, 6) is 0.261. The molecule has 1 heterocycles. The number of carbonyl (C=O) groups is 1. The zero-order chi connectivity index (χ0) is 22.2. The zero-order valence-electron chi connectivity index (χ0n) is 18.7. The van der Waals surface area contributed by atoms with Crippen molar-refractivity contribution >= 4 is 17.3 Å². The Hall–Kier alpha value is -2.66. The van der Waals surface area contributed by atoms with Crippen molar-refractivity contribution in [3.63, 3.8) is 0 Å². The molecule has 1 aromatic heterocycles. The molecule has 0 saturated heterocycles. The molecule has 5 heteroatoms. The molecule has 0 aliphatic rings. The molecular weight excluding hydrogens is 362 g/mol. The largest absolute Gasteiger partial charge is 0.508 e. The minimum absolute atomic E-state index is 0.261. The van der Waals surface area contributed by atoms with Crippen molar-refractivity contribution in [3.05, 3.63) is 54.4 Å². The first-order valence-electron chi connectivity index (χ1n) is 10.3. The summed E-state index contributed by atoms with van der Waals surface area (Å²) in [6.07, 6.45) is 6.04. The van der Waals surface area contributed by atoms with Gasteiger partial charge in [-0.25, -0.2) is 4.98 Å². The number of aldehydes is 1. The van der Waals surface area contributed by atoms with Crippen LogP contribution in [0.5, 0.6) is 5.75 Å². The van der Waals surface area contributed by atoms with Gasteiger partial charge in [-0.2, -0.15) is 0 Å². The van der Waals surface area contributed by atoms with E-state index >= 15 is 0 Å². The van der Waals surface area contributed by atoms with Gasteiger partial charge in [0.05, 0.1) is 16.7 Å². The van der Waals surface area contributed by atoms with Crippen molar-refractivity contribution < 1.29 is 9.90 Å². The fourth-order valence-corrected chi connectivity index (χ4v) is 2.55. The lowest BCUT2D eigenvalue weighted by atomic mass is 10.1. The number of phenolic OH excluding ortho intramolecular Hbond substituents is 1. The van der Waals surface area contributed by atoms with Gasteiger partial charge in [0.25, 0.3) is 0 Å². The van der Waals surface area contributed by atoms with Gasteiger partial charge in [0.15, 0.2) is 0 Å². The summed E-state index contributed by atoms with van der Waals surface area (Å²) < 4.78 is 1.97. The average Bonchev–Trinajstić information content (AvgIpc) is 3.14. The lowest BCUT2D eigenvalue weighted by Gasteiger charge is -2.04. The highest BCUT2D eigenvalue weighted by molar-refractivity contribution is 5.78. The Morgan fingerprint density at radius 2 is 1.83 bits per heavy atom. The highest BCUT2D eigenvalue weighted by Gasteiger charge is 2.04. The summed E-state index contributed by atoms with van der Waals surface area (Å²) in [6, 6.07) is 13.8. The monoisotopic (exact) mass is 399 g/mol. The molecule has 160 valence electrons. The molecule has 0 aliphatic heterocycles. The SMILES string of the molecule is CC.CC=O.CCCC(N)CC.Cc1ccc2c(c1)ncn2-c1cccc(O)c1. The number of benzene rings is 2. The summed E-state index contributed by atoms with van der Waals surface area (Å²) in [6.45, 7) is 11.8. The fraction of sp³-hybridized carbons (Fsp3) is 0.417. The normalized spacial score (nSPS) is 10.4. The van der Waals surface area contributed by atoms with Gasteiger partial charge in [0.2, 0.25) is 0 Å². The summed E-state index contributed by atoms with van der Waals surface area (Å²) in [5, 5.41) is 9.49. The van der Waals surface area contributed by atoms with Crippen LogP contribution in [0.3, 0.4) is 0 Å². The minimum atomic E-state index is 0.261. The van der Waals surface area contributed by atoms with Crippen molar-refractivity contribution in [2.24, 2.45) is 5.73 Å². The van der Waals surface area contributed by atoms with Gasteiger partial charge < -0.3 is 15.6 Å². The van der Waals surface area contributed by atoms with E-state index in [1.54, 1.807) is 18.5 Å². The van der Waals surface area contributed by atoms with Crippen LogP contribution in [0.1, 0.15) is 59.4 Å². The van der Waals surface area contributed by atoms with Gasteiger partial charge in [-0.15, -0.1) is 0 Å². The number of phenols is 1. The molecule has 0 spiro atoms. The second-order valence-electron chi connectivity index (χ2n) is 6.32. The predicted octanol–water partition coefficient (Wildman–Crippen LogP) is 5.79. The molecule has 0 bridgehead atoms. The topological polar surface area (TPSA) is 81.1 Å². The summed E-state index contributed by atoms with van der Waals surface area (Å²) >= 11 is 0. The van der Waals surface area contributed by atoms with Crippen LogP contribution in [0, 0.1) is 6.92 Å². The van der Waals surface area contributed by atoms with E-state index in [0.29, 0.717) is 6.04 Å². The highest BCUT2D eigenvalue weighted by Crippen LogP contribution is 2.21. The lowest BCUT2D eigenvalue weighted by molar-refractivity contribution is -0.106. The Kier molecular flexibility index (Phi) is 13.9. The Bertz CT molecular complexity index is 828. The van der Waals surface area contributed by atoms with Crippen LogP contribution in [0.25, 0.3) is 16.7 Å². The molecule has 1 unspecified atom stereocenters. The summed E-state index contributed by atoms with van der Waals surface area (Å²) in [7, 11) is 0. The second kappa shape index (κ2) is 15.3. The molecule has 5 nitrogen and oxygen atoms in total. The molecule has 29 heavy (non-hydrogen) atoms. The van der Waals surface area contributed by atoms with E-state index in [2.05, 4.69) is 31.0 Å². The van der Waals surface area contributed by atoms with Crippen LogP contribution < -0.4 is 5.73 Å². The molecule has 2 aromatic carbocycles. The number of nitrogens with zero attached hydrogens (tertiary/aromatic N) is 2. The molecule has 3 N–H and O–H groups in total. The first-order chi connectivity index (χ1) is 14.0. The van der Waals surface area contributed by atoms with Crippen LogP contribution in [0.15, 0.2) is 48.8 Å². The van der Waals surface area contributed by atoms with Gasteiger partial charge in [0, 0.05) is 12.1 Å². The van der Waals surface area contributed by atoms with Crippen molar-refractivity contribution in [2.45, 2.75) is 66.8 Å². The molecule has 3 rings (SSSR count). The number of rotatable bonds is 4. The van der Waals surface area contributed by atoms with Crippen LogP contribution >= 0.6 is 0 Å². The van der Waals surface area contributed by atoms with Gasteiger partial charge in [0.1, 0.15) is 18.4 Å². The first kappa shape index (κ1) is 26.3. The van der Waals surface area contributed by atoms with Crippen molar-refractivity contribution in [1.29, 1.82) is 0 Å². The number of fused-ring (bicyclic) bond motifs is 1. The van der Waals surface area contributed by atoms with Gasteiger partial charge in [-0.05, 0) is 56.5 Å². The Morgan fingerprint density at radius 1 is 1.17 bits per heavy atom. The molecule has 0 saturated carbocycles. The zero-order valence-corrected chi connectivity index (χ0v) is 18.7. The number of nitrogens with two attached hydrogens (primary N) is 1. The molecule has 1 atom stereocenters. The van der Waals surface area contributed by atoms with E-state index in [1.807, 2.05) is 43.5 Å². The van der Waals surface area contributed by atoms with E-state index < -0.39 is 0 Å². The van der Waals surface area contributed by atoms with Gasteiger partial charge in [-0.3, -0.25) is 4.57 Å². The smallest absolute Gasteiger partial charge is 0.117 e.